The molecule has 0 saturated heterocycles. The zero-order valence-corrected chi connectivity index (χ0v) is 11.2. The summed E-state index contributed by atoms with van der Waals surface area (Å²) in [5, 5.41) is 0. The standard InChI is InChI=1S/C10H18N2.ClH.Pt/c11-5-9-7-1-2-8(4-3-7)10(9)6-12;;/h1-2,7-10H,3-6,11-12H2;1H;/q;;+2/p-1/t7-,8-,9+,10+;;/m0../s1. The van der Waals surface area contributed by atoms with Gasteiger partial charge in [0.1, 0.15) is 0 Å². The maximum Gasteiger partial charge on any atom is 2.00 e. The summed E-state index contributed by atoms with van der Waals surface area (Å²) in [5.74, 6) is 2.79. The van der Waals surface area contributed by atoms with Crippen molar-refractivity contribution in [2.75, 3.05) is 13.1 Å². The third-order valence-corrected chi connectivity index (χ3v) is 3.63. The Kier molecular flexibility index (Phi) is 6.56. The number of fused-ring (bicyclic) bond motifs is 2. The van der Waals surface area contributed by atoms with Crippen LogP contribution >= 0.6 is 0 Å². The van der Waals surface area contributed by atoms with Gasteiger partial charge in [0.05, 0.1) is 0 Å². The smallest absolute Gasteiger partial charge is 1.00 e. The van der Waals surface area contributed by atoms with Crippen LogP contribution in [0.4, 0.5) is 0 Å². The molecule has 0 aliphatic heterocycles. The van der Waals surface area contributed by atoms with Crippen LogP contribution in [0.25, 0.3) is 0 Å². The van der Waals surface area contributed by atoms with Crippen LogP contribution < -0.4 is 23.9 Å². The van der Waals surface area contributed by atoms with E-state index in [0.717, 1.165) is 24.9 Å². The Morgan fingerprint density at radius 3 is 1.50 bits per heavy atom. The number of halogens is 1. The SMILES string of the molecule is NC[C@H]1[C@H](CN)[C@H]2C=C[C@H]1CC2.[Cl-].[Pt+2]. The van der Waals surface area contributed by atoms with Gasteiger partial charge in [-0.1, -0.05) is 12.2 Å². The van der Waals surface area contributed by atoms with Gasteiger partial charge in [-0.15, -0.1) is 0 Å². The maximum atomic E-state index is 5.77. The second-order valence-electron chi connectivity index (χ2n) is 4.09. The van der Waals surface area contributed by atoms with E-state index in [9.17, 15) is 0 Å². The Labute approximate surface area is 107 Å². The maximum absolute atomic E-state index is 5.77. The summed E-state index contributed by atoms with van der Waals surface area (Å²) in [6.45, 7) is 1.63. The van der Waals surface area contributed by atoms with Gasteiger partial charge in [-0.05, 0) is 49.6 Å². The summed E-state index contributed by atoms with van der Waals surface area (Å²) in [6, 6.07) is 0. The van der Waals surface area contributed by atoms with Crippen molar-refractivity contribution < 1.29 is 33.5 Å². The molecular weight excluding hydrogens is 379 g/mol. The van der Waals surface area contributed by atoms with Crippen molar-refractivity contribution in [2.24, 2.45) is 35.1 Å². The first-order valence-electron chi connectivity index (χ1n) is 4.95. The molecule has 84 valence electrons. The molecule has 0 unspecified atom stereocenters. The van der Waals surface area contributed by atoms with Crippen molar-refractivity contribution in [3.63, 3.8) is 0 Å². The Hall–Kier alpha value is 0.638. The van der Waals surface area contributed by atoms with E-state index in [2.05, 4.69) is 12.2 Å². The minimum absolute atomic E-state index is 0. The van der Waals surface area contributed by atoms with Crippen molar-refractivity contribution in [1.82, 2.24) is 0 Å². The molecule has 3 aliphatic rings. The summed E-state index contributed by atoms with van der Waals surface area (Å²) in [6.07, 6.45) is 7.38. The average Bonchev–Trinajstić information content (AvgIpc) is 2.18. The molecular formula is C10H18ClN2Pt+. The van der Waals surface area contributed by atoms with Gasteiger partial charge in [0.2, 0.25) is 0 Å². The normalized spacial score (nSPS) is 38.7. The number of allylic oxidation sites excluding steroid dienone is 2. The zero-order valence-electron chi connectivity index (χ0n) is 8.14. The molecule has 0 spiro atoms. The van der Waals surface area contributed by atoms with Crippen LogP contribution in [0.2, 0.25) is 0 Å². The molecule has 4 N–H and O–H groups in total. The molecule has 2 nitrogen and oxygen atoms in total. The Morgan fingerprint density at radius 1 is 0.929 bits per heavy atom. The van der Waals surface area contributed by atoms with E-state index < -0.39 is 0 Å². The van der Waals surface area contributed by atoms with Gasteiger partial charge in [0, 0.05) is 0 Å². The minimum Gasteiger partial charge on any atom is -1.00 e. The van der Waals surface area contributed by atoms with Crippen molar-refractivity contribution in [2.45, 2.75) is 12.8 Å². The summed E-state index contributed by atoms with van der Waals surface area (Å²) in [5.41, 5.74) is 11.5. The van der Waals surface area contributed by atoms with Gasteiger partial charge < -0.3 is 23.9 Å². The Balaban J connectivity index is 0.000000845. The fraction of sp³-hybridized carbons (Fsp3) is 0.800. The quantitative estimate of drug-likeness (QED) is 0.518. The minimum atomic E-state index is 0. The number of hydrogen-bond donors (Lipinski definition) is 2. The van der Waals surface area contributed by atoms with E-state index >= 15 is 0 Å². The Morgan fingerprint density at radius 2 is 1.29 bits per heavy atom. The average molecular weight is 397 g/mol. The molecule has 2 bridgehead atoms. The van der Waals surface area contributed by atoms with Gasteiger partial charge in [0.15, 0.2) is 0 Å². The Bertz CT molecular complexity index is 179. The summed E-state index contributed by atoms with van der Waals surface area (Å²) >= 11 is 0. The predicted molar refractivity (Wildman–Crippen MR) is 50.4 cm³/mol. The molecule has 0 aromatic rings. The zero-order chi connectivity index (χ0) is 8.55. The van der Waals surface area contributed by atoms with Gasteiger partial charge >= 0.3 is 21.1 Å². The third-order valence-electron chi connectivity index (χ3n) is 3.63. The molecule has 0 amide bonds. The van der Waals surface area contributed by atoms with Crippen molar-refractivity contribution >= 4 is 0 Å². The molecule has 3 aliphatic carbocycles. The molecule has 4 atom stereocenters. The predicted octanol–water partition coefficient (Wildman–Crippen LogP) is -2.27. The van der Waals surface area contributed by atoms with Crippen LogP contribution in [-0.4, -0.2) is 13.1 Å². The van der Waals surface area contributed by atoms with Crippen molar-refractivity contribution in [1.29, 1.82) is 0 Å². The van der Waals surface area contributed by atoms with Crippen molar-refractivity contribution in [3.8, 4) is 0 Å². The van der Waals surface area contributed by atoms with Crippen LogP contribution in [0.1, 0.15) is 12.8 Å². The van der Waals surface area contributed by atoms with Gasteiger partial charge in [-0.3, -0.25) is 0 Å². The van der Waals surface area contributed by atoms with Gasteiger partial charge in [-0.25, -0.2) is 0 Å². The van der Waals surface area contributed by atoms with Crippen LogP contribution in [-0.2, 0) is 21.1 Å². The molecule has 0 heterocycles. The van der Waals surface area contributed by atoms with Crippen molar-refractivity contribution in [3.05, 3.63) is 12.2 Å². The van der Waals surface area contributed by atoms with E-state index in [1.807, 2.05) is 0 Å². The molecule has 0 radical (unpaired) electrons. The number of nitrogens with two attached hydrogens (primary N) is 2. The van der Waals surface area contributed by atoms with Gasteiger partial charge in [-0.2, -0.15) is 0 Å². The molecule has 1 saturated carbocycles. The molecule has 3 rings (SSSR count). The van der Waals surface area contributed by atoms with Crippen LogP contribution in [0.15, 0.2) is 12.2 Å². The van der Waals surface area contributed by atoms with Gasteiger partial charge in [0.25, 0.3) is 0 Å². The first-order chi connectivity index (χ1) is 5.86. The van der Waals surface area contributed by atoms with E-state index in [-0.39, 0.29) is 33.5 Å². The number of rotatable bonds is 2. The van der Waals surface area contributed by atoms with Crippen LogP contribution in [0.5, 0.6) is 0 Å². The monoisotopic (exact) mass is 396 g/mol. The fourth-order valence-electron chi connectivity index (χ4n) is 2.91. The van der Waals surface area contributed by atoms with E-state index in [1.54, 1.807) is 0 Å². The third kappa shape index (κ3) is 2.41. The molecule has 0 aromatic carbocycles. The molecule has 4 heteroatoms. The summed E-state index contributed by atoms with van der Waals surface area (Å²) < 4.78 is 0. The van der Waals surface area contributed by atoms with Crippen LogP contribution in [0.3, 0.4) is 0 Å². The molecule has 1 fully saturated rings. The largest absolute Gasteiger partial charge is 2.00 e. The fourth-order valence-corrected chi connectivity index (χ4v) is 2.91. The van der Waals surface area contributed by atoms with Crippen LogP contribution in [0, 0.1) is 23.7 Å². The summed E-state index contributed by atoms with van der Waals surface area (Å²) in [7, 11) is 0. The summed E-state index contributed by atoms with van der Waals surface area (Å²) in [4.78, 5) is 0. The molecule has 0 aromatic heterocycles. The topological polar surface area (TPSA) is 52.0 Å². The first kappa shape index (κ1) is 14.6. The first-order valence-corrected chi connectivity index (χ1v) is 4.95. The van der Waals surface area contributed by atoms with E-state index in [1.165, 1.54) is 12.8 Å². The second kappa shape index (κ2) is 6.27. The van der Waals surface area contributed by atoms with E-state index in [4.69, 9.17) is 11.5 Å². The van der Waals surface area contributed by atoms with E-state index in [0.29, 0.717) is 11.8 Å². The molecule has 14 heavy (non-hydrogen) atoms. The number of hydrogen-bond acceptors (Lipinski definition) is 2. The second-order valence-corrected chi connectivity index (χ2v) is 4.09.